The van der Waals surface area contributed by atoms with Gasteiger partial charge in [0.2, 0.25) is 0 Å². The summed E-state index contributed by atoms with van der Waals surface area (Å²) in [5.41, 5.74) is 2.14. The van der Waals surface area contributed by atoms with Gasteiger partial charge in [0.05, 0.1) is 24.1 Å². The van der Waals surface area contributed by atoms with Gasteiger partial charge in [-0.15, -0.1) is 0 Å². The molecule has 3 aromatic rings. The topological polar surface area (TPSA) is 89.3 Å². The first kappa shape index (κ1) is 29.2. The number of carbonyl (C=O) groups is 2. The number of amides is 2. The molecule has 10 heteroatoms. The van der Waals surface area contributed by atoms with Crippen LogP contribution in [0.15, 0.2) is 47.6 Å². The van der Waals surface area contributed by atoms with E-state index in [0.29, 0.717) is 36.9 Å². The van der Waals surface area contributed by atoms with Gasteiger partial charge >= 0.3 is 12.2 Å². The summed E-state index contributed by atoms with van der Waals surface area (Å²) in [4.78, 5) is 34.7. The van der Waals surface area contributed by atoms with Crippen molar-refractivity contribution in [2.24, 2.45) is 0 Å². The molecule has 0 bridgehead atoms. The third-order valence-electron chi connectivity index (χ3n) is 6.85. The van der Waals surface area contributed by atoms with Gasteiger partial charge in [0.25, 0.3) is 0 Å². The molecule has 1 atom stereocenters. The Bertz CT molecular complexity index is 1390. The lowest BCUT2D eigenvalue weighted by Crippen LogP contribution is -2.43. The standard InChI is InChI=1S/C31H41N5O4S/c1-30(2,3)39-28(37)34-16-10-13-23(20-34)41-26-17-24(27-32-18-25(22-14-15-22)36(27)33-26)35(29(38)40-31(4,5)6)19-21-11-8-7-9-12-21/h7-9,11-12,17-18,22-23H,10,13-16,19-20H2,1-6H3. The molecule has 2 aliphatic rings. The predicted octanol–water partition coefficient (Wildman–Crippen LogP) is 7.04. The van der Waals surface area contributed by atoms with E-state index in [1.54, 1.807) is 21.6 Å². The van der Waals surface area contributed by atoms with Crippen molar-refractivity contribution in [3.63, 3.8) is 0 Å². The van der Waals surface area contributed by atoms with Crippen LogP contribution >= 0.6 is 11.8 Å². The van der Waals surface area contributed by atoms with Crippen molar-refractivity contribution in [3.8, 4) is 0 Å². The number of hydrogen-bond acceptors (Lipinski definition) is 7. The summed E-state index contributed by atoms with van der Waals surface area (Å²) >= 11 is 1.64. The predicted molar refractivity (Wildman–Crippen MR) is 161 cm³/mol. The number of aromatic nitrogens is 3. The number of hydrogen-bond donors (Lipinski definition) is 0. The number of carbonyl (C=O) groups excluding carboxylic acids is 2. The summed E-state index contributed by atoms with van der Waals surface area (Å²) in [6, 6.07) is 11.8. The fourth-order valence-corrected chi connectivity index (χ4v) is 6.08. The van der Waals surface area contributed by atoms with Crippen LogP contribution in [0.25, 0.3) is 5.65 Å². The number of anilines is 1. The molecule has 220 valence electrons. The fraction of sp³-hybridized carbons (Fsp3) is 0.548. The number of rotatable bonds is 6. The van der Waals surface area contributed by atoms with E-state index < -0.39 is 17.3 Å². The van der Waals surface area contributed by atoms with Gasteiger partial charge in [-0.3, -0.25) is 4.90 Å². The van der Waals surface area contributed by atoms with Crippen molar-refractivity contribution in [2.75, 3.05) is 18.0 Å². The van der Waals surface area contributed by atoms with Gasteiger partial charge in [0.15, 0.2) is 5.65 Å². The van der Waals surface area contributed by atoms with Crippen molar-refractivity contribution in [1.29, 1.82) is 0 Å². The second kappa shape index (κ2) is 11.5. The van der Waals surface area contributed by atoms with E-state index >= 15 is 0 Å². The highest BCUT2D eigenvalue weighted by molar-refractivity contribution is 7.99. The molecule has 2 fully saturated rings. The maximum absolute atomic E-state index is 13.7. The van der Waals surface area contributed by atoms with Gasteiger partial charge < -0.3 is 14.4 Å². The summed E-state index contributed by atoms with van der Waals surface area (Å²) in [5.74, 6) is 0.423. The first-order valence-corrected chi connectivity index (χ1v) is 15.3. The van der Waals surface area contributed by atoms with Crippen LogP contribution in [-0.4, -0.2) is 61.2 Å². The van der Waals surface area contributed by atoms with E-state index in [4.69, 9.17) is 19.6 Å². The summed E-state index contributed by atoms with van der Waals surface area (Å²) in [7, 11) is 0. The summed E-state index contributed by atoms with van der Waals surface area (Å²) in [5, 5.41) is 5.93. The summed E-state index contributed by atoms with van der Waals surface area (Å²) in [6.45, 7) is 12.9. The Kier molecular flexibility index (Phi) is 8.23. The third kappa shape index (κ3) is 7.52. The molecular weight excluding hydrogens is 538 g/mol. The minimum absolute atomic E-state index is 0.145. The Morgan fingerprint density at radius 1 is 1.02 bits per heavy atom. The van der Waals surface area contributed by atoms with Crippen LogP contribution in [-0.2, 0) is 16.0 Å². The van der Waals surface area contributed by atoms with Crippen LogP contribution in [0.4, 0.5) is 15.3 Å². The molecule has 3 heterocycles. The van der Waals surface area contributed by atoms with E-state index in [2.05, 4.69) is 0 Å². The molecule has 41 heavy (non-hydrogen) atoms. The smallest absolute Gasteiger partial charge is 0.415 e. The van der Waals surface area contributed by atoms with Gasteiger partial charge in [-0.25, -0.2) is 19.1 Å². The molecule has 1 aromatic carbocycles. The number of fused-ring (bicyclic) bond motifs is 1. The molecule has 1 aliphatic heterocycles. The van der Waals surface area contributed by atoms with Gasteiger partial charge in [-0.2, -0.15) is 5.10 Å². The molecule has 5 rings (SSSR count). The van der Waals surface area contributed by atoms with Crippen molar-refractivity contribution in [3.05, 3.63) is 53.9 Å². The molecule has 2 amide bonds. The number of imidazole rings is 1. The van der Waals surface area contributed by atoms with E-state index in [-0.39, 0.29) is 11.3 Å². The number of nitrogens with zero attached hydrogens (tertiary/aromatic N) is 5. The minimum Gasteiger partial charge on any atom is -0.444 e. The highest BCUT2D eigenvalue weighted by atomic mass is 32.2. The van der Waals surface area contributed by atoms with E-state index in [1.165, 1.54) is 0 Å². The van der Waals surface area contributed by atoms with Crippen molar-refractivity contribution < 1.29 is 19.1 Å². The zero-order chi connectivity index (χ0) is 29.4. The number of likely N-dealkylation sites (tertiary alicyclic amines) is 1. The Balaban J connectivity index is 1.49. The number of ether oxygens (including phenoxy) is 2. The second-order valence-corrected chi connectivity index (χ2v) is 14.2. The average molecular weight is 580 g/mol. The molecule has 0 radical (unpaired) electrons. The highest BCUT2D eigenvalue weighted by Crippen LogP contribution is 2.42. The molecule has 1 saturated heterocycles. The zero-order valence-corrected chi connectivity index (χ0v) is 25.7. The minimum atomic E-state index is -0.658. The van der Waals surface area contributed by atoms with Crippen LogP contribution in [0.2, 0.25) is 0 Å². The molecule has 9 nitrogen and oxygen atoms in total. The molecule has 0 spiro atoms. The first-order valence-electron chi connectivity index (χ1n) is 14.4. The van der Waals surface area contributed by atoms with Crippen molar-refractivity contribution in [2.45, 2.75) is 101 Å². The first-order chi connectivity index (χ1) is 19.4. The monoisotopic (exact) mass is 579 g/mol. The second-order valence-electron chi connectivity index (χ2n) is 12.9. The lowest BCUT2D eigenvalue weighted by atomic mass is 10.1. The summed E-state index contributed by atoms with van der Waals surface area (Å²) < 4.78 is 13.4. The lowest BCUT2D eigenvalue weighted by molar-refractivity contribution is 0.0220. The van der Waals surface area contributed by atoms with Crippen LogP contribution < -0.4 is 4.90 Å². The SMILES string of the molecule is CC(C)(C)OC(=O)N1CCCC(Sc2cc(N(Cc3ccccc3)C(=O)OC(C)(C)C)c3ncc(C4CC4)n3n2)C1. The molecule has 1 saturated carbocycles. The van der Waals surface area contributed by atoms with Crippen molar-refractivity contribution >= 4 is 35.3 Å². The number of thioether (sulfide) groups is 1. The maximum atomic E-state index is 13.7. The quantitative estimate of drug-likeness (QED) is 0.309. The van der Waals surface area contributed by atoms with Crippen LogP contribution in [0.5, 0.6) is 0 Å². The Labute approximate surface area is 246 Å². The van der Waals surface area contributed by atoms with E-state index in [9.17, 15) is 9.59 Å². The number of benzene rings is 1. The van der Waals surface area contributed by atoms with Gasteiger partial charge in [0.1, 0.15) is 16.2 Å². The van der Waals surface area contributed by atoms with Crippen LogP contribution in [0.3, 0.4) is 0 Å². The third-order valence-corrected chi connectivity index (χ3v) is 8.01. The van der Waals surface area contributed by atoms with E-state index in [0.717, 1.165) is 42.0 Å². The Hall–Kier alpha value is -3.27. The summed E-state index contributed by atoms with van der Waals surface area (Å²) in [6.07, 6.45) is 5.23. The average Bonchev–Trinajstić information content (AvgIpc) is 3.64. The lowest BCUT2D eigenvalue weighted by Gasteiger charge is -2.33. The fourth-order valence-electron chi connectivity index (χ4n) is 4.89. The highest BCUT2D eigenvalue weighted by Gasteiger charge is 2.33. The van der Waals surface area contributed by atoms with Gasteiger partial charge in [-0.1, -0.05) is 42.1 Å². The normalized spacial score (nSPS) is 17.9. The Morgan fingerprint density at radius 3 is 2.39 bits per heavy atom. The van der Waals surface area contributed by atoms with Crippen molar-refractivity contribution in [1.82, 2.24) is 19.5 Å². The van der Waals surface area contributed by atoms with E-state index in [1.807, 2.05) is 88.7 Å². The maximum Gasteiger partial charge on any atom is 0.415 e. The van der Waals surface area contributed by atoms with Crippen LogP contribution in [0.1, 0.15) is 84.4 Å². The van der Waals surface area contributed by atoms with Crippen LogP contribution in [0, 0.1) is 0 Å². The van der Waals surface area contributed by atoms with Gasteiger partial charge in [-0.05, 0) is 78.9 Å². The molecule has 2 aromatic heterocycles. The number of piperidine rings is 1. The Morgan fingerprint density at radius 2 is 1.73 bits per heavy atom. The van der Waals surface area contributed by atoms with Gasteiger partial charge in [0, 0.05) is 24.3 Å². The zero-order valence-electron chi connectivity index (χ0n) is 24.9. The molecule has 1 unspecified atom stereocenters. The molecule has 0 N–H and O–H groups in total. The molecule has 1 aliphatic carbocycles. The molecular formula is C31H41N5O4S. The largest absolute Gasteiger partial charge is 0.444 e.